The maximum absolute atomic E-state index is 13.1. The normalized spacial score (nSPS) is 11.9. The molecule has 0 bridgehead atoms. The molecule has 1 amide bonds. The number of amides is 1. The van der Waals surface area contributed by atoms with E-state index in [1.54, 1.807) is 23.7 Å². The fraction of sp³-hybridized carbons (Fsp3) is 0.273. The molecule has 1 unspecified atom stereocenters. The summed E-state index contributed by atoms with van der Waals surface area (Å²) in [6, 6.07) is 13.5. The summed E-state index contributed by atoms with van der Waals surface area (Å²) in [5.41, 5.74) is 2.67. The van der Waals surface area contributed by atoms with Crippen LogP contribution in [-0.2, 0) is 6.54 Å². The van der Waals surface area contributed by atoms with E-state index in [0.717, 1.165) is 16.9 Å². The van der Waals surface area contributed by atoms with Gasteiger partial charge in [0.2, 0.25) is 0 Å². The van der Waals surface area contributed by atoms with E-state index >= 15 is 0 Å². The van der Waals surface area contributed by atoms with Crippen LogP contribution < -0.4 is 10.1 Å². The Hall–Kier alpha value is -2.86. The van der Waals surface area contributed by atoms with Crippen molar-refractivity contribution >= 4 is 17.5 Å². The Bertz CT molecular complexity index is 985. The topological polar surface area (TPSA) is 56.1 Å². The number of benzene rings is 2. The maximum atomic E-state index is 13.1. The van der Waals surface area contributed by atoms with Gasteiger partial charge < -0.3 is 10.1 Å². The Balaban J connectivity index is 1.73. The van der Waals surface area contributed by atoms with Crippen LogP contribution in [0.1, 0.15) is 47.1 Å². The van der Waals surface area contributed by atoms with Crippen LogP contribution in [-0.4, -0.2) is 22.3 Å². The van der Waals surface area contributed by atoms with E-state index < -0.39 is 0 Å². The van der Waals surface area contributed by atoms with Crippen LogP contribution >= 0.6 is 11.6 Å². The highest BCUT2D eigenvalue weighted by molar-refractivity contribution is 6.33. The first-order valence-electron chi connectivity index (χ1n) is 9.40. The predicted molar refractivity (Wildman–Crippen MR) is 111 cm³/mol. The van der Waals surface area contributed by atoms with E-state index in [-0.39, 0.29) is 22.9 Å². The van der Waals surface area contributed by atoms with E-state index in [0.29, 0.717) is 24.4 Å². The fourth-order valence-corrected chi connectivity index (χ4v) is 3.37. The zero-order valence-corrected chi connectivity index (χ0v) is 17.3. The third-order valence-electron chi connectivity index (χ3n) is 4.58. The van der Waals surface area contributed by atoms with Gasteiger partial charge in [0.15, 0.2) is 0 Å². The summed E-state index contributed by atoms with van der Waals surface area (Å²) in [5.74, 6) is 0.190. The molecular formula is C22H23ClFN3O2. The van der Waals surface area contributed by atoms with Gasteiger partial charge in [0.05, 0.1) is 30.5 Å². The number of hydrogen-bond donors (Lipinski definition) is 1. The van der Waals surface area contributed by atoms with Crippen LogP contribution in [0.5, 0.6) is 5.75 Å². The smallest absolute Gasteiger partial charge is 0.256 e. The number of nitrogens with zero attached hydrogens (tertiary/aromatic N) is 2. The Morgan fingerprint density at radius 1 is 1.21 bits per heavy atom. The summed E-state index contributed by atoms with van der Waals surface area (Å²) in [4.78, 5) is 12.8. The van der Waals surface area contributed by atoms with Crippen LogP contribution in [0.25, 0.3) is 0 Å². The van der Waals surface area contributed by atoms with Crippen LogP contribution in [0.2, 0.25) is 5.15 Å². The predicted octanol–water partition coefficient (Wildman–Crippen LogP) is 4.92. The first-order valence-corrected chi connectivity index (χ1v) is 9.77. The Morgan fingerprint density at radius 3 is 2.48 bits per heavy atom. The molecule has 7 heteroatoms. The van der Waals surface area contributed by atoms with Gasteiger partial charge >= 0.3 is 0 Å². The van der Waals surface area contributed by atoms with Gasteiger partial charge in [-0.2, -0.15) is 5.10 Å². The summed E-state index contributed by atoms with van der Waals surface area (Å²) in [6.07, 6.45) is 0. The second kappa shape index (κ2) is 9.09. The number of aromatic nitrogens is 2. The summed E-state index contributed by atoms with van der Waals surface area (Å²) < 4.78 is 20.1. The molecule has 3 aromatic rings. The third-order valence-corrected chi connectivity index (χ3v) is 4.96. The monoisotopic (exact) mass is 415 g/mol. The molecule has 0 fully saturated rings. The molecule has 1 N–H and O–H groups in total. The minimum Gasteiger partial charge on any atom is -0.494 e. The van der Waals surface area contributed by atoms with E-state index in [4.69, 9.17) is 16.3 Å². The molecule has 1 aromatic heterocycles. The van der Waals surface area contributed by atoms with Gasteiger partial charge in [-0.25, -0.2) is 9.07 Å². The average molecular weight is 416 g/mol. The molecule has 2 aromatic carbocycles. The van der Waals surface area contributed by atoms with Crippen molar-refractivity contribution in [3.8, 4) is 5.75 Å². The number of hydrogen-bond acceptors (Lipinski definition) is 3. The standard InChI is InChI=1S/C22H23ClFN3O2/c1-4-29-19-11-7-17(8-12-19)14(2)25-22(28)20-15(3)26-27(21(20)23)13-16-5-9-18(24)10-6-16/h5-12,14H,4,13H2,1-3H3,(H,25,28). The molecular weight excluding hydrogens is 393 g/mol. The first kappa shape index (κ1) is 20.9. The SMILES string of the molecule is CCOc1ccc(C(C)NC(=O)c2c(C)nn(Cc3ccc(F)cc3)c2Cl)cc1. The number of rotatable bonds is 7. The van der Waals surface area contributed by atoms with Crippen LogP contribution in [0, 0.1) is 12.7 Å². The van der Waals surface area contributed by atoms with E-state index in [1.807, 2.05) is 38.1 Å². The van der Waals surface area contributed by atoms with Gasteiger partial charge in [-0.3, -0.25) is 4.79 Å². The molecule has 1 atom stereocenters. The Morgan fingerprint density at radius 2 is 1.86 bits per heavy atom. The number of carbonyl (C=O) groups is 1. The molecule has 0 aliphatic rings. The lowest BCUT2D eigenvalue weighted by atomic mass is 10.1. The van der Waals surface area contributed by atoms with Crippen molar-refractivity contribution in [3.63, 3.8) is 0 Å². The minimum atomic E-state index is -0.306. The lowest BCUT2D eigenvalue weighted by Crippen LogP contribution is -2.27. The van der Waals surface area contributed by atoms with Crippen molar-refractivity contribution in [1.82, 2.24) is 15.1 Å². The lowest BCUT2D eigenvalue weighted by Gasteiger charge is -2.15. The van der Waals surface area contributed by atoms with Crippen molar-refractivity contribution in [2.24, 2.45) is 0 Å². The highest BCUT2D eigenvalue weighted by Crippen LogP contribution is 2.23. The second-order valence-electron chi connectivity index (χ2n) is 6.73. The Labute approximate surface area is 174 Å². The summed E-state index contributed by atoms with van der Waals surface area (Å²) >= 11 is 6.44. The van der Waals surface area contributed by atoms with Gasteiger partial charge in [-0.1, -0.05) is 35.9 Å². The molecule has 0 radical (unpaired) electrons. The average Bonchev–Trinajstić information content (AvgIpc) is 2.97. The third kappa shape index (κ3) is 4.95. The van der Waals surface area contributed by atoms with Gasteiger partial charge in [-0.15, -0.1) is 0 Å². The van der Waals surface area contributed by atoms with Crippen LogP contribution in [0.4, 0.5) is 4.39 Å². The molecule has 5 nitrogen and oxygen atoms in total. The van der Waals surface area contributed by atoms with Gasteiger partial charge in [0.1, 0.15) is 16.7 Å². The highest BCUT2D eigenvalue weighted by atomic mass is 35.5. The minimum absolute atomic E-state index is 0.214. The Kier molecular flexibility index (Phi) is 6.54. The van der Waals surface area contributed by atoms with Crippen molar-refractivity contribution in [1.29, 1.82) is 0 Å². The van der Waals surface area contributed by atoms with Crippen molar-refractivity contribution in [2.45, 2.75) is 33.4 Å². The largest absolute Gasteiger partial charge is 0.494 e. The summed E-state index contributed by atoms with van der Waals surface area (Å²) in [5, 5.41) is 7.59. The molecule has 152 valence electrons. The highest BCUT2D eigenvalue weighted by Gasteiger charge is 2.22. The lowest BCUT2D eigenvalue weighted by molar-refractivity contribution is 0.0939. The summed E-state index contributed by atoms with van der Waals surface area (Å²) in [6.45, 7) is 6.52. The quantitative estimate of drug-likeness (QED) is 0.595. The molecule has 3 rings (SSSR count). The van der Waals surface area contributed by atoms with Crippen molar-refractivity contribution in [3.05, 3.63) is 81.9 Å². The number of aryl methyl sites for hydroxylation is 1. The number of nitrogens with one attached hydrogen (secondary N) is 1. The molecule has 0 aliphatic heterocycles. The van der Waals surface area contributed by atoms with Crippen molar-refractivity contribution < 1.29 is 13.9 Å². The van der Waals surface area contributed by atoms with Crippen molar-refractivity contribution in [2.75, 3.05) is 6.61 Å². The molecule has 29 heavy (non-hydrogen) atoms. The molecule has 0 saturated heterocycles. The zero-order valence-electron chi connectivity index (χ0n) is 16.6. The van der Waals surface area contributed by atoms with E-state index in [1.165, 1.54) is 12.1 Å². The first-order chi connectivity index (χ1) is 13.9. The zero-order chi connectivity index (χ0) is 21.0. The number of carbonyl (C=O) groups excluding carboxylic acids is 1. The van der Waals surface area contributed by atoms with E-state index in [2.05, 4.69) is 10.4 Å². The molecule has 1 heterocycles. The van der Waals surface area contributed by atoms with Gasteiger partial charge in [0, 0.05) is 0 Å². The van der Waals surface area contributed by atoms with Gasteiger partial charge in [-0.05, 0) is 56.2 Å². The van der Waals surface area contributed by atoms with E-state index in [9.17, 15) is 9.18 Å². The van der Waals surface area contributed by atoms with Crippen LogP contribution in [0.15, 0.2) is 48.5 Å². The fourth-order valence-electron chi connectivity index (χ4n) is 3.05. The molecule has 0 aliphatic carbocycles. The van der Waals surface area contributed by atoms with Gasteiger partial charge in [0.25, 0.3) is 5.91 Å². The molecule has 0 saturated carbocycles. The number of ether oxygens (including phenoxy) is 1. The summed E-state index contributed by atoms with van der Waals surface area (Å²) in [7, 11) is 0. The molecule has 0 spiro atoms. The second-order valence-corrected chi connectivity index (χ2v) is 7.09. The maximum Gasteiger partial charge on any atom is 0.256 e. The number of halogens is 2. The van der Waals surface area contributed by atoms with Crippen LogP contribution in [0.3, 0.4) is 0 Å².